The Kier molecular flexibility index (Phi) is 7.90. The molecule has 38 heavy (non-hydrogen) atoms. The summed E-state index contributed by atoms with van der Waals surface area (Å²) in [5, 5.41) is 11.3. The molecule has 0 aromatic heterocycles. The number of hydrogen-bond donors (Lipinski definition) is 1. The average Bonchev–Trinajstić information content (AvgIpc) is 3.20. The molecule has 4 rings (SSSR count). The van der Waals surface area contributed by atoms with Crippen LogP contribution in [0.2, 0.25) is 0 Å². The molecule has 1 aliphatic heterocycles. The number of nitrogens with zero attached hydrogens (tertiary/aromatic N) is 1. The lowest BCUT2D eigenvalue weighted by atomic mass is 9.94. The Bertz CT molecular complexity index is 1380. The number of hydrogen-bond acceptors (Lipinski definition) is 7. The van der Waals surface area contributed by atoms with Crippen molar-refractivity contribution >= 4 is 17.4 Å². The SMILES string of the molecule is COc1ccc(OC)c([C@@H]2C(=C(O)c3ccc(C)cc3)C(=O)C(=O)N2CCc2ccc(OC)c(OC)c2)c1. The Morgan fingerprint density at radius 1 is 0.816 bits per heavy atom. The van der Waals surface area contributed by atoms with Gasteiger partial charge in [-0.05, 0) is 49.2 Å². The van der Waals surface area contributed by atoms with Crippen molar-refractivity contribution in [1.82, 2.24) is 4.90 Å². The van der Waals surface area contributed by atoms with E-state index in [0.717, 1.165) is 11.1 Å². The fourth-order valence-corrected chi connectivity index (χ4v) is 4.64. The lowest BCUT2D eigenvalue weighted by molar-refractivity contribution is -0.139. The van der Waals surface area contributed by atoms with Gasteiger partial charge in [0.25, 0.3) is 11.7 Å². The number of aryl methyl sites for hydroxylation is 1. The molecule has 8 nitrogen and oxygen atoms in total. The van der Waals surface area contributed by atoms with E-state index in [1.165, 1.54) is 19.1 Å². The molecule has 3 aromatic carbocycles. The third-order valence-electron chi connectivity index (χ3n) is 6.69. The van der Waals surface area contributed by atoms with E-state index >= 15 is 0 Å². The minimum Gasteiger partial charge on any atom is -0.507 e. The summed E-state index contributed by atoms with van der Waals surface area (Å²) in [7, 11) is 6.17. The van der Waals surface area contributed by atoms with Crippen molar-refractivity contribution in [3.8, 4) is 23.0 Å². The van der Waals surface area contributed by atoms with E-state index in [9.17, 15) is 14.7 Å². The third-order valence-corrected chi connectivity index (χ3v) is 6.69. The third kappa shape index (κ3) is 5.02. The minimum atomic E-state index is -0.888. The molecule has 1 heterocycles. The highest BCUT2D eigenvalue weighted by molar-refractivity contribution is 6.46. The Morgan fingerprint density at radius 2 is 1.47 bits per heavy atom. The number of benzene rings is 3. The number of likely N-dealkylation sites (tertiary alicyclic amines) is 1. The summed E-state index contributed by atoms with van der Waals surface area (Å²) >= 11 is 0. The number of aliphatic hydroxyl groups is 1. The standard InChI is InChI=1S/C30H31NO7/c1-18-6-9-20(10-7-18)28(32)26-27(22-17-21(35-2)11-13-23(22)36-3)31(30(34)29(26)33)15-14-19-8-12-24(37-4)25(16-19)38-5/h6-13,16-17,27,32H,14-15H2,1-5H3/t27-/m1/s1. The van der Waals surface area contributed by atoms with Gasteiger partial charge in [-0.15, -0.1) is 0 Å². The Hall–Kier alpha value is -4.46. The van der Waals surface area contributed by atoms with Crippen LogP contribution in [0.3, 0.4) is 0 Å². The van der Waals surface area contributed by atoms with Crippen molar-refractivity contribution in [2.24, 2.45) is 0 Å². The molecular formula is C30H31NO7. The summed E-state index contributed by atoms with van der Waals surface area (Å²) in [5.41, 5.74) is 2.87. The van der Waals surface area contributed by atoms with E-state index in [1.807, 2.05) is 31.2 Å². The number of aliphatic hydroxyl groups excluding tert-OH is 1. The molecule has 0 spiro atoms. The highest BCUT2D eigenvalue weighted by atomic mass is 16.5. The lowest BCUT2D eigenvalue weighted by Gasteiger charge is -2.27. The molecule has 1 N–H and O–H groups in total. The number of methoxy groups -OCH3 is 4. The fraction of sp³-hybridized carbons (Fsp3) is 0.267. The van der Waals surface area contributed by atoms with Crippen LogP contribution in [0, 0.1) is 6.92 Å². The zero-order chi connectivity index (χ0) is 27.4. The smallest absolute Gasteiger partial charge is 0.295 e. The van der Waals surface area contributed by atoms with Crippen LogP contribution in [0.5, 0.6) is 23.0 Å². The van der Waals surface area contributed by atoms with E-state index in [0.29, 0.717) is 40.5 Å². The second-order valence-corrected chi connectivity index (χ2v) is 8.91. The zero-order valence-electron chi connectivity index (χ0n) is 22.1. The van der Waals surface area contributed by atoms with E-state index in [4.69, 9.17) is 18.9 Å². The molecule has 0 bridgehead atoms. The predicted molar refractivity (Wildman–Crippen MR) is 143 cm³/mol. The van der Waals surface area contributed by atoms with Crippen LogP contribution in [0.25, 0.3) is 5.76 Å². The maximum atomic E-state index is 13.4. The quantitative estimate of drug-likeness (QED) is 0.250. The summed E-state index contributed by atoms with van der Waals surface area (Å²) in [5.74, 6) is 0.449. The lowest BCUT2D eigenvalue weighted by Crippen LogP contribution is -2.32. The molecule has 1 atom stereocenters. The summed E-state index contributed by atoms with van der Waals surface area (Å²) in [6, 6.07) is 16.9. The summed E-state index contributed by atoms with van der Waals surface area (Å²) in [6.45, 7) is 2.13. The van der Waals surface area contributed by atoms with Gasteiger partial charge in [0, 0.05) is 17.7 Å². The largest absolute Gasteiger partial charge is 0.507 e. The molecule has 1 aliphatic rings. The van der Waals surface area contributed by atoms with Gasteiger partial charge in [0.1, 0.15) is 17.3 Å². The van der Waals surface area contributed by atoms with Crippen LogP contribution in [-0.4, -0.2) is 56.7 Å². The molecule has 198 valence electrons. The van der Waals surface area contributed by atoms with Gasteiger partial charge in [0.05, 0.1) is 40.1 Å². The molecule has 0 radical (unpaired) electrons. The number of ether oxygens (including phenoxy) is 4. The Balaban J connectivity index is 1.82. The van der Waals surface area contributed by atoms with Crippen LogP contribution >= 0.6 is 0 Å². The number of Topliss-reactive ketones (excluding diaryl/α,β-unsaturated/α-hetero) is 1. The van der Waals surface area contributed by atoms with Crippen molar-refractivity contribution in [2.45, 2.75) is 19.4 Å². The first kappa shape index (κ1) is 26.6. The van der Waals surface area contributed by atoms with Gasteiger partial charge in [0.15, 0.2) is 11.5 Å². The Morgan fingerprint density at radius 3 is 2.11 bits per heavy atom. The van der Waals surface area contributed by atoms with Crippen LogP contribution in [0.15, 0.2) is 66.2 Å². The van der Waals surface area contributed by atoms with Gasteiger partial charge < -0.3 is 29.0 Å². The normalized spacial score (nSPS) is 16.4. The van der Waals surface area contributed by atoms with Crippen LogP contribution in [0.4, 0.5) is 0 Å². The molecule has 0 unspecified atom stereocenters. The second kappa shape index (κ2) is 11.3. The number of amides is 1. The van der Waals surface area contributed by atoms with Gasteiger partial charge in [-0.25, -0.2) is 0 Å². The van der Waals surface area contributed by atoms with Crippen molar-refractivity contribution in [3.05, 3.63) is 88.5 Å². The van der Waals surface area contributed by atoms with Crippen molar-refractivity contribution in [3.63, 3.8) is 0 Å². The van der Waals surface area contributed by atoms with Crippen molar-refractivity contribution in [2.75, 3.05) is 35.0 Å². The first-order valence-electron chi connectivity index (χ1n) is 12.1. The average molecular weight is 518 g/mol. The van der Waals surface area contributed by atoms with Gasteiger partial charge in [-0.1, -0.05) is 35.9 Å². The molecule has 3 aromatic rings. The number of carbonyl (C=O) groups excluding carboxylic acids is 2. The van der Waals surface area contributed by atoms with Gasteiger partial charge in [0.2, 0.25) is 0 Å². The predicted octanol–water partition coefficient (Wildman–Crippen LogP) is 4.69. The Labute approximate surface area is 222 Å². The molecule has 1 fully saturated rings. The van der Waals surface area contributed by atoms with Crippen molar-refractivity contribution in [1.29, 1.82) is 0 Å². The molecular weight excluding hydrogens is 486 g/mol. The maximum Gasteiger partial charge on any atom is 0.295 e. The van der Waals surface area contributed by atoms with Crippen molar-refractivity contribution < 1.29 is 33.6 Å². The zero-order valence-corrected chi connectivity index (χ0v) is 22.1. The molecule has 1 amide bonds. The molecule has 8 heteroatoms. The number of carbonyl (C=O) groups is 2. The monoisotopic (exact) mass is 517 g/mol. The topological polar surface area (TPSA) is 94.5 Å². The van der Waals surface area contributed by atoms with Gasteiger partial charge in [-0.3, -0.25) is 9.59 Å². The fourth-order valence-electron chi connectivity index (χ4n) is 4.64. The molecule has 0 saturated carbocycles. The summed E-state index contributed by atoms with van der Waals surface area (Å²) in [6.07, 6.45) is 0.431. The van der Waals surface area contributed by atoms with Crippen LogP contribution in [0.1, 0.15) is 28.3 Å². The van der Waals surface area contributed by atoms with E-state index in [1.54, 1.807) is 50.6 Å². The second-order valence-electron chi connectivity index (χ2n) is 8.91. The molecule has 1 saturated heterocycles. The highest BCUT2D eigenvalue weighted by Gasteiger charge is 2.47. The van der Waals surface area contributed by atoms with Crippen LogP contribution < -0.4 is 18.9 Å². The van der Waals surface area contributed by atoms with Crippen LogP contribution in [-0.2, 0) is 16.0 Å². The molecule has 0 aliphatic carbocycles. The van der Waals surface area contributed by atoms with E-state index < -0.39 is 17.7 Å². The number of ketones is 1. The highest BCUT2D eigenvalue weighted by Crippen LogP contribution is 2.44. The van der Waals surface area contributed by atoms with Gasteiger partial charge >= 0.3 is 0 Å². The maximum absolute atomic E-state index is 13.4. The number of rotatable bonds is 9. The first-order valence-corrected chi connectivity index (χ1v) is 12.1. The van der Waals surface area contributed by atoms with E-state index in [2.05, 4.69) is 0 Å². The minimum absolute atomic E-state index is 0.00211. The first-order chi connectivity index (χ1) is 18.3. The van der Waals surface area contributed by atoms with Gasteiger partial charge in [-0.2, -0.15) is 0 Å². The van der Waals surface area contributed by atoms with E-state index in [-0.39, 0.29) is 17.9 Å². The summed E-state index contributed by atoms with van der Waals surface area (Å²) in [4.78, 5) is 28.3. The summed E-state index contributed by atoms with van der Waals surface area (Å²) < 4.78 is 21.8.